The van der Waals surface area contributed by atoms with Crippen LogP contribution in [-0.4, -0.2) is 41.1 Å². The Morgan fingerprint density at radius 1 is 1.25 bits per heavy atom. The Morgan fingerprint density at radius 2 is 2.00 bits per heavy atom. The van der Waals surface area contributed by atoms with E-state index in [9.17, 15) is 9.59 Å². The predicted molar refractivity (Wildman–Crippen MR) is 93.0 cm³/mol. The third kappa shape index (κ3) is 3.87. The van der Waals surface area contributed by atoms with Crippen LogP contribution in [0.3, 0.4) is 0 Å². The highest BCUT2D eigenvalue weighted by Crippen LogP contribution is 2.13. The number of piperidine rings is 1. The third-order valence-electron chi connectivity index (χ3n) is 4.63. The summed E-state index contributed by atoms with van der Waals surface area (Å²) < 4.78 is 6.71. The zero-order chi connectivity index (χ0) is 16.9. The number of hydrogen-bond acceptors (Lipinski definition) is 4. The Balaban J connectivity index is 1.51. The summed E-state index contributed by atoms with van der Waals surface area (Å²) in [5.74, 6) is -0.405. The monoisotopic (exact) mass is 331 g/mol. The largest absolute Gasteiger partial charge is 0.419 e. The maximum absolute atomic E-state index is 12.2. The lowest BCUT2D eigenvalue weighted by Gasteiger charge is -2.32. The van der Waals surface area contributed by atoms with Crippen molar-refractivity contribution in [3.8, 4) is 0 Å². The summed E-state index contributed by atoms with van der Waals surface area (Å²) in [5, 5.41) is 3.10. The van der Waals surface area contributed by atoms with Crippen LogP contribution >= 0.6 is 0 Å². The van der Waals surface area contributed by atoms with Gasteiger partial charge in [-0.15, -0.1) is 0 Å². The lowest BCUT2D eigenvalue weighted by atomic mass is 10.0. The van der Waals surface area contributed by atoms with Gasteiger partial charge in [0.1, 0.15) is 0 Å². The van der Waals surface area contributed by atoms with E-state index in [1.54, 1.807) is 6.07 Å². The lowest BCUT2D eigenvalue weighted by molar-refractivity contribution is -0.122. The molecule has 1 aliphatic rings. The zero-order valence-corrected chi connectivity index (χ0v) is 14.2. The average molecular weight is 331 g/mol. The van der Waals surface area contributed by atoms with Crippen molar-refractivity contribution in [2.45, 2.75) is 45.2 Å². The van der Waals surface area contributed by atoms with Crippen molar-refractivity contribution in [3.63, 3.8) is 0 Å². The van der Waals surface area contributed by atoms with Crippen LogP contribution in [0.4, 0.5) is 0 Å². The second kappa shape index (κ2) is 7.66. The number of aryl methyl sites for hydroxylation is 1. The summed E-state index contributed by atoms with van der Waals surface area (Å²) in [6.07, 6.45) is 3.46. The number of carbonyl (C=O) groups is 1. The van der Waals surface area contributed by atoms with Gasteiger partial charge in [0.2, 0.25) is 5.91 Å². The number of likely N-dealkylation sites (tertiary alicyclic amines) is 1. The molecule has 1 fully saturated rings. The molecule has 2 aromatic rings. The molecule has 2 heterocycles. The Hall–Kier alpha value is -2.08. The van der Waals surface area contributed by atoms with Crippen LogP contribution in [-0.2, 0) is 11.3 Å². The molecule has 24 heavy (non-hydrogen) atoms. The third-order valence-corrected chi connectivity index (χ3v) is 4.63. The minimum atomic E-state index is -0.406. The first-order valence-electron chi connectivity index (χ1n) is 8.77. The molecule has 0 bridgehead atoms. The molecule has 0 unspecified atom stereocenters. The van der Waals surface area contributed by atoms with Gasteiger partial charge in [0, 0.05) is 32.1 Å². The molecule has 130 valence electrons. The highest BCUT2D eigenvalue weighted by atomic mass is 16.4. The molecule has 0 atom stereocenters. The van der Waals surface area contributed by atoms with E-state index in [0.29, 0.717) is 18.5 Å². The van der Waals surface area contributed by atoms with Crippen molar-refractivity contribution in [3.05, 3.63) is 34.8 Å². The van der Waals surface area contributed by atoms with Crippen molar-refractivity contribution in [1.29, 1.82) is 0 Å². The Labute approximate surface area is 141 Å². The molecular formula is C18H25N3O3. The van der Waals surface area contributed by atoms with Gasteiger partial charge in [0.05, 0.1) is 5.52 Å². The number of fused-ring (bicyclic) bond motifs is 1. The zero-order valence-electron chi connectivity index (χ0n) is 14.2. The molecule has 1 amide bonds. The van der Waals surface area contributed by atoms with Crippen molar-refractivity contribution in [2.75, 3.05) is 19.6 Å². The van der Waals surface area contributed by atoms with E-state index in [0.717, 1.165) is 38.0 Å². The lowest BCUT2D eigenvalue weighted by Crippen LogP contribution is -2.45. The van der Waals surface area contributed by atoms with Crippen LogP contribution in [0.25, 0.3) is 11.1 Å². The van der Waals surface area contributed by atoms with E-state index in [1.165, 1.54) is 11.0 Å². The van der Waals surface area contributed by atoms with Crippen molar-refractivity contribution in [2.24, 2.45) is 0 Å². The molecule has 1 N–H and O–H groups in total. The smallest absolute Gasteiger partial charge is 0.408 e. The molecule has 6 nitrogen and oxygen atoms in total. The van der Waals surface area contributed by atoms with E-state index in [1.807, 2.05) is 18.2 Å². The summed E-state index contributed by atoms with van der Waals surface area (Å²) in [6, 6.07) is 7.54. The normalized spacial score (nSPS) is 16.5. The van der Waals surface area contributed by atoms with Crippen molar-refractivity contribution >= 4 is 17.0 Å². The summed E-state index contributed by atoms with van der Waals surface area (Å²) in [5.41, 5.74) is 1.30. The van der Waals surface area contributed by atoms with Gasteiger partial charge in [-0.2, -0.15) is 0 Å². The standard InChI is InChI=1S/C18H25N3O3/c1-2-10-20-11-7-14(8-12-20)19-17(22)9-13-21-15-5-3-4-6-16(15)24-18(21)23/h3-6,14H,2,7-13H2,1H3,(H,19,22). The maximum atomic E-state index is 12.2. The summed E-state index contributed by atoms with van der Waals surface area (Å²) in [4.78, 5) is 26.5. The predicted octanol–water partition coefficient (Wildman–Crippen LogP) is 1.98. The molecule has 1 saturated heterocycles. The first kappa shape index (κ1) is 16.8. The molecule has 0 spiro atoms. The highest BCUT2D eigenvalue weighted by Gasteiger charge is 2.20. The first-order valence-corrected chi connectivity index (χ1v) is 8.77. The van der Waals surface area contributed by atoms with E-state index < -0.39 is 5.76 Å². The number of amides is 1. The van der Waals surface area contributed by atoms with E-state index in [4.69, 9.17) is 4.42 Å². The van der Waals surface area contributed by atoms with Crippen LogP contribution < -0.4 is 11.1 Å². The Kier molecular flexibility index (Phi) is 5.35. The fourth-order valence-electron chi connectivity index (χ4n) is 3.36. The maximum Gasteiger partial charge on any atom is 0.419 e. The molecule has 0 radical (unpaired) electrons. The van der Waals surface area contributed by atoms with Gasteiger partial charge in [-0.3, -0.25) is 9.36 Å². The number of carbonyl (C=O) groups excluding carboxylic acids is 1. The molecule has 0 aliphatic carbocycles. The van der Waals surface area contributed by atoms with E-state index >= 15 is 0 Å². The fraction of sp³-hybridized carbons (Fsp3) is 0.556. The number of nitrogens with zero attached hydrogens (tertiary/aromatic N) is 2. The number of hydrogen-bond donors (Lipinski definition) is 1. The van der Waals surface area contributed by atoms with Crippen molar-refractivity contribution in [1.82, 2.24) is 14.8 Å². The number of para-hydroxylation sites is 2. The summed E-state index contributed by atoms with van der Waals surface area (Å²) >= 11 is 0. The topological polar surface area (TPSA) is 67.5 Å². The second-order valence-corrected chi connectivity index (χ2v) is 6.42. The number of aromatic nitrogens is 1. The minimum Gasteiger partial charge on any atom is -0.408 e. The summed E-state index contributed by atoms with van der Waals surface area (Å²) in [6.45, 7) is 5.76. The van der Waals surface area contributed by atoms with Gasteiger partial charge in [-0.1, -0.05) is 19.1 Å². The molecule has 1 aromatic heterocycles. The number of nitrogens with one attached hydrogen (secondary N) is 1. The van der Waals surface area contributed by atoms with Crippen LogP contribution in [0.5, 0.6) is 0 Å². The van der Waals surface area contributed by atoms with E-state index in [2.05, 4.69) is 17.1 Å². The Bertz CT molecular complexity index is 741. The van der Waals surface area contributed by atoms with Crippen LogP contribution in [0.2, 0.25) is 0 Å². The number of oxazole rings is 1. The van der Waals surface area contributed by atoms with Gasteiger partial charge in [-0.05, 0) is 37.9 Å². The second-order valence-electron chi connectivity index (χ2n) is 6.42. The fourth-order valence-corrected chi connectivity index (χ4v) is 3.36. The van der Waals surface area contributed by atoms with E-state index in [-0.39, 0.29) is 11.9 Å². The molecule has 3 rings (SSSR count). The van der Waals surface area contributed by atoms with Gasteiger partial charge >= 0.3 is 5.76 Å². The Morgan fingerprint density at radius 3 is 2.75 bits per heavy atom. The van der Waals surface area contributed by atoms with Gasteiger partial charge in [0.15, 0.2) is 5.58 Å². The molecule has 1 aliphatic heterocycles. The highest BCUT2D eigenvalue weighted by molar-refractivity contribution is 5.77. The number of benzene rings is 1. The first-order chi connectivity index (χ1) is 11.7. The van der Waals surface area contributed by atoms with Gasteiger partial charge in [-0.25, -0.2) is 4.79 Å². The summed E-state index contributed by atoms with van der Waals surface area (Å²) in [7, 11) is 0. The molecule has 0 saturated carbocycles. The quantitative estimate of drug-likeness (QED) is 0.879. The minimum absolute atomic E-state index is 0.00104. The molecule has 1 aromatic carbocycles. The average Bonchev–Trinajstić information content (AvgIpc) is 2.90. The van der Waals surface area contributed by atoms with Gasteiger partial charge in [0.25, 0.3) is 0 Å². The van der Waals surface area contributed by atoms with Crippen LogP contribution in [0.1, 0.15) is 32.6 Å². The van der Waals surface area contributed by atoms with Crippen LogP contribution in [0, 0.1) is 0 Å². The molecular weight excluding hydrogens is 306 g/mol. The van der Waals surface area contributed by atoms with Crippen molar-refractivity contribution < 1.29 is 9.21 Å². The van der Waals surface area contributed by atoms with Crippen LogP contribution in [0.15, 0.2) is 33.5 Å². The molecule has 6 heteroatoms. The SMILES string of the molecule is CCCN1CCC(NC(=O)CCn2c(=O)oc3ccccc32)CC1. The van der Waals surface area contributed by atoms with Gasteiger partial charge < -0.3 is 14.6 Å². The number of rotatable bonds is 6.